The van der Waals surface area contributed by atoms with Gasteiger partial charge in [-0.3, -0.25) is 4.90 Å². The van der Waals surface area contributed by atoms with Gasteiger partial charge < -0.3 is 9.84 Å². The molecule has 2 rings (SSSR count). The number of aryl methyl sites for hydroxylation is 1. The zero-order chi connectivity index (χ0) is 17.2. The summed E-state index contributed by atoms with van der Waals surface area (Å²) >= 11 is 0. The Kier molecular flexibility index (Phi) is 5.67. The fourth-order valence-electron chi connectivity index (χ4n) is 2.88. The van der Waals surface area contributed by atoms with Gasteiger partial charge in [0.25, 0.3) is 0 Å². The number of methoxy groups -OCH3 is 1. The molecule has 0 spiro atoms. The van der Waals surface area contributed by atoms with Crippen molar-refractivity contribution in [2.75, 3.05) is 40.0 Å². The lowest BCUT2D eigenvalue weighted by atomic mass is 10.1. The van der Waals surface area contributed by atoms with Crippen molar-refractivity contribution in [1.29, 1.82) is 0 Å². The number of hydrogen-bond acceptors (Lipinski definition) is 5. The van der Waals surface area contributed by atoms with E-state index < -0.39 is 16.1 Å². The molecule has 1 N–H and O–H groups in total. The molecule has 0 bridgehead atoms. The third-order valence-corrected chi connectivity index (χ3v) is 6.26. The Hall–Kier alpha value is -1.15. The SMILES string of the molecule is COc1cc(C)ccc1CN1C[C@@H](CS(=O)(=O)N(C)C)[C@H](O)C1. The highest BCUT2D eigenvalue weighted by molar-refractivity contribution is 7.89. The highest BCUT2D eigenvalue weighted by Gasteiger charge is 2.35. The molecule has 0 radical (unpaired) electrons. The Bertz CT molecular complexity index is 645. The van der Waals surface area contributed by atoms with Gasteiger partial charge in [-0.05, 0) is 18.6 Å². The van der Waals surface area contributed by atoms with E-state index >= 15 is 0 Å². The largest absolute Gasteiger partial charge is 0.496 e. The van der Waals surface area contributed by atoms with E-state index in [4.69, 9.17) is 4.74 Å². The molecule has 1 aromatic rings. The summed E-state index contributed by atoms with van der Waals surface area (Å²) in [7, 11) is 1.37. The van der Waals surface area contributed by atoms with Gasteiger partial charge in [0, 0.05) is 45.2 Å². The number of likely N-dealkylation sites (tertiary alicyclic amines) is 1. The number of rotatable bonds is 6. The first-order valence-electron chi connectivity index (χ1n) is 7.67. The lowest BCUT2D eigenvalue weighted by Gasteiger charge is -2.19. The standard InChI is InChI=1S/C16H26N2O4S/c1-12-5-6-13(16(7-12)22-4)8-18-9-14(15(19)10-18)11-23(20,21)17(2)3/h5-7,14-15,19H,8-11H2,1-4H3/t14-,15+/m0/s1. The number of β-amino-alcohol motifs (C(OH)–C–C–N with tert-alkyl or cyclic N) is 1. The maximum atomic E-state index is 12.0. The molecule has 1 heterocycles. The van der Waals surface area contributed by atoms with Crippen molar-refractivity contribution in [2.24, 2.45) is 5.92 Å². The minimum atomic E-state index is -3.31. The second-order valence-electron chi connectivity index (χ2n) is 6.40. The first kappa shape index (κ1) is 18.2. The van der Waals surface area contributed by atoms with Crippen LogP contribution >= 0.6 is 0 Å². The average Bonchev–Trinajstić information content (AvgIpc) is 2.80. The van der Waals surface area contributed by atoms with Crippen LogP contribution in [0.15, 0.2) is 18.2 Å². The Morgan fingerprint density at radius 2 is 2.04 bits per heavy atom. The molecule has 1 aromatic carbocycles. The Morgan fingerprint density at radius 3 is 2.65 bits per heavy atom. The highest BCUT2D eigenvalue weighted by atomic mass is 32.2. The van der Waals surface area contributed by atoms with Gasteiger partial charge in [-0.25, -0.2) is 12.7 Å². The van der Waals surface area contributed by atoms with Crippen LogP contribution in [0.4, 0.5) is 0 Å². The van der Waals surface area contributed by atoms with Crippen LogP contribution in [0.1, 0.15) is 11.1 Å². The Labute approximate surface area is 138 Å². The van der Waals surface area contributed by atoms with Crippen LogP contribution in [0, 0.1) is 12.8 Å². The second-order valence-corrected chi connectivity index (χ2v) is 8.63. The van der Waals surface area contributed by atoms with E-state index in [0.29, 0.717) is 19.6 Å². The molecule has 23 heavy (non-hydrogen) atoms. The normalized spacial score (nSPS) is 22.7. The third-order valence-electron chi connectivity index (χ3n) is 4.30. The first-order valence-corrected chi connectivity index (χ1v) is 9.28. The van der Waals surface area contributed by atoms with Crippen LogP contribution < -0.4 is 4.74 Å². The Morgan fingerprint density at radius 1 is 1.35 bits per heavy atom. The number of aliphatic hydroxyl groups excluding tert-OH is 1. The van der Waals surface area contributed by atoms with Gasteiger partial charge >= 0.3 is 0 Å². The molecule has 1 fully saturated rings. The molecule has 1 saturated heterocycles. The van der Waals surface area contributed by atoms with Crippen LogP contribution in [0.5, 0.6) is 5.75 Å². The summed E-state index contributed by atoms with van der Waals surface area (Å²) in [5.41, 5.74) is 2.17. The van der Waals surface area contributed by atoms with Crippen LogP contribution in [-0.4, -0.2) is 68.9 Å². The van der Waals surface area contributed by atoms with Gasteiger partial charge in [-0.2, -0.15) is 0 Å². The lowest BCUT2D eigenvalue weighted by Crippen LogP contribution is -2.33. The van der Waals surface area contributed by atoms with Crippen molar-refractivity contribution in [1.82, 2.24) is 9.21 Å². The van der Waals surface area contributed by atoms with Gasteiger partial charge in [0.15, 0.2) is 0 Å². The molecule has 1 aliphatic heterocycles. The number of hydrogen-bond donors (Lipinski definition) is 1. The van der Waals surface area contributed by atoms with E-state index in [1.165, 1.54) is 18.4 Å². The van der Waals surface area contributed by atoms with Gasteiger partial charge in [-0.1, -0.05) is 12.1 Å². The van der Waals surface area contributed by atoms with Gasteiger partial charge in [0.1, 0.15) is 5.75 Å². The minimum Gasteiger partial charge on any atom is -0.496 e. The van der Waals surface area contributed by atoms with E-state index in [9.17, 15) is 13.5 Å². The maximum Gasteiger partial charge on any atom is 0.214 e. The molecule has 7 heteroatoms. The fourth-order valence-corrected chi connectivity index (χ4v) is 4.04. The number of nitrogens with zero attached hydrogens (tertiary/aromatic N) is 2. The van der Waals surface area contributed by atoms with Crippen molar-refractivity contribution in [3.8, 4) is 5.75 Å². The van der Waals surface area contributed by atoms with Crippen molar-refractivity contribution < 1.29 is 18.3 Å². The van der Waals surface area contributed by atoms with Crippen molar-refractivity contribution in [3.05, 3.63) is 29.3 Å². The van der Waals surface area contributed by atoms with Crippen LogP contribution in [0.25, 0.3) is 0 Å². The predicted molar refractivity (Wildman–Crippen MR) is 90.0 cm³/mol. The highest BCUT2D eigenvalue weighted by Crippen LogP contribution is 2.26. The second kappa shape index (κ2) is 7.17. The van der Waals surface area contributed by atoms with E-state index in [1.807, 2.05) is 25.1 Å². The van der Waals surface area contributed by atoms with Crippen LogP contribution in [0.2, 0.25) is 0 Å². The van der Waals surface area contributed by atoms with E-state index in [-0.39, 0.29) is 11.7 Å². The summed E-state index contributed by atoms with van der Waals surface area (Å²) in [4.78, 5) is 2.08. The molecular weight excluding hydrogens is 316 g/mol. The molecule has 1 aliphatic rings. The number of ether oxygens (including phenoxy) is 1. The quantitative estimate of drug-likeness (QED) is 0.824. The van der Waals surface area contributed by atoms with Gasteiger partial charge in [0.2, 0.25) is 10.0 Å². The van der Waals surface area contributed by atoms with Crippen molar-refractivity contribution >= 4 is 10.0 Å². The predicted octanol–water partition coefficient (Wildman–Crippen LogP) is 0.688. The fraction of sp³-hybridized carbons (Fsp3) is 0.625. The maximum absolute atomic E-state index is 12.0. The summed E-state index contributed by atoms with van der Waals surface area (Å²) in [6.07, 6.45) is -0.624. The molecule has 0 amide bonds. The van der Waals surface area contributed by atoms with Crippen molar-refractivity contribution in [3.63, 3.8) is 0 Å². The first-order chi connectivity index (χ1) is 10.7. The zero-order valence-electron chi connectivity index (χ0n) is 14.2. The average molecular weight is 342 g/mol. The van der Waals surface area contributed by atoms with Crippen LogP contribution in [-0.2, 0) is 16.6 Å². The lowest BCUT2D eigenvalue weighted by molar-refractivity contribution is 0.148. The van der Waals surface area contributed by atoms with Crippen molar-refractivity contribution in [2.45, 2.75) is 19.6 Å². The minimum absolute atomic E-state index is 0.0251. The van der Waals surface area contributed by atoms with Crippen LogP contribution in [0.3, 0.4) is 0 Å². The topological polar surface area (TPSA) is 70.1 Å². The molecule has 6 nitrogen and oxygen atoms in total. The number of sulfonamides is 1. The molecule has 130 valence electrons. The molecule has 0 aliphatic carbocycles. The molecule has 2 atom stereocenters. The molecule has 0 aromatic heterocycles. The summed E-state index contributed by atoms with van der Waals surface area (Å²) < 4.78 is 30.6. The summed E-state index contributed by atoms with van der Waals surface area (Å²) in [5, 5.41) is 10.2. The summed E-state index contributed by atoms with van der Waals surface area (Å²) in [6, 6.07) is 6.03. The smallest absolute Gasteiger partial charge is 0.214 e. The number of aliphatic hydroxyl groups is 1. The number of benzene rings is 1. The summed E-state index contributed by atoms with van der Waals surface area (Å²) in [5.74, 6) is 0.533. The molecular formula is C16H26N2O4S. The van der Waals surface area contributed by atoms with Gasteiger partial charge in [0.05, 0.1) is 19.0 Å². The van der Waals surface area contributed by atoms with Gasteiger partial charge in [-0.15, -0.1) is 0 Å². The zero-order valence-corrected chi connectivity index (χ0v) is 15.0. The third kappa shape index (κ3) is 4.44. The summed E-state index contributed by atoms with van der Waals surface area (Å²) in [6.45, 7) is 3.68. The van der Waals surface area contributed by atoms with E-state index in [0.717, 1.165) is 16.9 Å². The van der Waals surface area contributed by atoms with E-state index in [2.05, 4.69) is 4.90 Å². The monoisotopic (exact) mass is 342 g/mol. The van der Waals surface area contributed by atoms with E-state index in [1.54, 1.807) is 7.11 Å². The molecule has 0 saturated carbocycles. The Balaban J connectivity index is 2.05. The molecule has 0 unspecified atom stereocenters.